The number of aliphatic hydroxyl groups is 4. The number of hydrogen-bond donors (Lipinski definition) is 5. The van der Waals surface area contributed by atoms with Crippen LogP contribution in [0.15, 0.2) is 102 Å². The Morgan fingerprint density at radius 1 is 0.864 bits per heavy atom. The summed E-state index contributed by atoms with van der Waals surface area (Å²) in [4.78, 5) is 69.5. The number of Topliss-reactive ketones (excluding diaryl/α,β-unsaturated/α-hetero) is 1. The summed E-state index contributed by atoms with van der Waals surface area (Å²) in [6.07, 6.45) is -10.5. The van der Waals surface area contributed by atoms with E-state index in [0.29, 0.717) is 5.56 Å². The number of ether oxygens (including phenoxy) is 4. The molecule has 1 amide bonds. The van der Waals surface area contributed by atoms with Crippen molar-refractivity contribution >= 4 is 29.6 Å². The predicted octanol–water partition coefficient (Wildman–Crippen LogP) is 3.16. The predicted molar refractivity (Wildman–Crippen MR) is 208 cm³/mol. The van der Waals surface area contributed by atoms with Gasteiger partial charge in [-0.25, -0.2) is 9.59 Å². The van der Waals surface area contributed by atoms with E-state index >= 15 is 0 Å². The molecule has 3 aromatic rings. The van der Waals surface area contributed by atoms with Gasteiger partial charge < -0.3 is 44.7 Å². The van der Waals surface area contributed by atoms with Gasteiger partial charge in [-0.05, 0) is 54.8 Å². The third kappa shape index (κ3) is 6.76. The molecule has 2 bridgehead atoms. The van der Waals surface area contributed by atoms with Gasteiger partial charge in [0.05, 0.1) is 35.6 Å². The number of benzene rings is 3. The van der Waals surface area contributed by atoms with Crippen LogP contribution in [0.5, 0.6) is 0 Å². The minimum atomic E-state index is -2.35. The van der Waals surface area contributed by atoms with E-state index < -0.39 is 107 Å². The number of rotatable bonds is 9. The lowest BCUT2D eigenvalue weighted by Crippen LogP contribution is -2.81. The van der Waals surface area contributed by atoms with Gasteiger partial charge in [0.15, 0.2) is 17.5 Å². The molecule has 0 aromatic heterocycles. The van der Waals surface area contributed by atoms with Gasteiger partial charge >= 0.3 is 17.9 Å². The highest BCUT2D eigenvalue weighted by Gasteiger charge is 2.78. The van der Waals surface area contributed by atoms with Crippen LogP contribution in [-0.4, -0.2) is 104 Å². The third-order valence-corrected chi connectivity index (χ3v) is 13.2. The number of amides is 1. The lowest BCUT2D eigenvalue weighted by atomic mass is 9.44. The van der Waals surface area contributed by atoms with Gasteiger partial charge in [-0.1, -0.05) is 80.6 Å². The maximum atomic E-state index is 15.0. The summed E-state index contributed by atoms with van der Waals surface area (Å²) in [5, 5.41) is 51.9. The molecule has 7 rings (SSSR count). The van der Waals surface area contributed by atoms with Crippen LogP contribution in [0.3, 0.4) is 0 Å². The van der Waals surface area contributed by atoms with Crippen molar-refractivity contribution in [2.24, 2.45) is 16.7 Å². The first-order valence-electron chi connectivity index (χ1n) is 19.6. The fourth-order valence-corrected chi connectivity index (χ4v) is 9.94. The molecule has 1 aliphatic heterocycles. The third-order valence-electron chi connectivity index (χ3n) is 13.2. The van der Waals surface area contributed by atoms with Gasteiger partial charge in [0.1, 0.15) is 30.0 Å². The largest absolute Gasteiger partial charge is 0.456 e. The van der Waals surface area contributed by atoms with Gasteiger partial charge in [0.25, 0.3) is 5.91 Å². The Hall–Kier alpha value is -5.25. The summed E-state index contributed by atoms with van der Waals surface area (Å²) in [5.74, 6) is -5.89. The summed E-state index contributed by atoms with van der Waals surface area (Å²) in [5.41, 5.74) is -6.86. The van der Waals surface area contributed by atoms with Gasteiger partial charge in [-0.15, -0.1) is 0 Å². The molecule has 2 unspecified atom stereocenters. The van der Waals surface area contributed by atoms with Gasteiger partial charge in [0, 0.05) is 30.7 Å². The molecule has 11 atom stereocenters. The fourth-order valence-electron chi connectivity index (χ4n) is 9.94. The molecule has 59 heavy (non-hydrogen) atoms. The molecule has 14 heteroatoms. The van der Waals surface area contributed by atoms with Gasteiger partial charge in [-0.2, -0.15) is 0 Å². The average molecular weight is 812 g/mol. The molecule has 2 saturated carbocycles. The average Bonchev–Trinajstić information content (AvgIpc) is 3.21. The summed E-state index contributed by atoms with van der Waals surface area (Å²) in [6, 6.07) is 23.1. The van der Waals surface area contributed by atoms with Crippen LogP contribution in [-0.2, 0) is 33.3 Å². The lowest BCUT2D eigenvalue weighted by molar-refractivity contribution is -0.346. The Morgan fingerprint density at radius 2 is 1.44 bits per heavy atom. The number of esters is 3. The molecule has 312 valence electrons. The maximum Gasteiger partial charge on any atom is 0.338 e. The molecular weight excluding hydrogens is 762 g/mol. The Balaban J connectivity index is 1.34. The van der Waals surface area contributed by atoms with Crippen molar-refractivity contribution in [1.82, 2.24) is 5.32 Å². The first-order chi connectivity index (χ1) is 27.9. The monoisotopic (exact) mass is 811 g/mol. The number of hydrogen-bond acceptors (Lipinski definition) is 13. The zero-order chi connectivity index (χ0) is 42.7. The van der Waals surface area contributed by atoms with Crippen LogP contribution in [0.2, 0.25) is 0 Å². The molecule has 1 saturated heterocycles. The van der Waals surface area contributed by atoms with E-state index in [1.165, 1.54) is 26.0 Å². The minimum absolute atomic E-state index is 0.0540. The normalized spacial score (nSPS) is 33.0. The summed E-state index contributed by atoms with van der Waals surface area (Å²) in [6.45, 7) is 6.89. The van der Waals surface area contributed by atoms with Crippen molar-refractivity contribution in [2.45, 2.75) is 101 Å². The van der Waals surface area contributed by atoms with E-state index in [1.807, 2.05) is 0 Å². The molecule has 14 nitrogen and oxygen atoms in total. The van der Waals surface area contributed by atoms with Crippen molar-refractivity contribution in [3.05, 3.63) is 119 Å². The van der Waals surface area contributed by atoms with E-state index in [0.717, 1.165) is 6.92 Å². The van der Waals surface area contributed by atoms with Crippen molar-refractivity contribution in [3.63, 3.8) is 0 Å². The second-order valence-electron chi connectivity index (χ2n) is 16.8. The number of carbonyl (C=O) groups excluding carboxylic acids is 5. The molecule has 0 radical (unpaired) electrons. The van der Waals surface area contributed by atoms with Gasteiger partial charge in [-0.3, -0.25) is 14.4 Å². The first kappa shape index (κ1) is 41.9. The Bertz CT molecular complexity index is 2160. The topological polar surface area (TPSA) is 215 Å². The SMILES string of the molecule is CC(=O)O[C@@]12CO[C@@H]1C[C@@H](O)[C@@]1(C)C(=O)[C@H](O)C3=C(C)[C@@H](OC(=O)[C@H](O)[C@@H](NC(=O)c4ccccc4)c4ccccc4)C[C@@](O)(C(OC(=O)c4ccccc4)C12)C3(C)C. The number of ketones is 1. The number of carbonyl (C=O) groups is 5. The van der Waals surface area contributed by atoms with Crippen molar-refractivity contribution in [1.29, 1.82) is 0 Å². The highest BCUT2D eigenvalue weighted by atomic mass is 16.6. The van der Waals surface area contributed by atoms with Crippen LogP contribution in [0.1, 0.15) is 79.8 Å². The molecule has 3 aromatic carbocycles. The lowest BCUT2D eigenvalue weighted by Gasteiger charge is -2.67. The van der Waals surface area contributed by atoms with Crippen LogP contribution in [0.25, 0.3) is 0 Å². The second kappa shape index (κ2) is 15.4. The number of nitrogens with one attached hydrogen (secondary N) is 1. The van der Waals surface area contributed by atoms with Crippen molar-refractivity contribution in [3.8, 4) is 0 Å². The zero-order valence-electron chi connectivity index (χ0n) is 33.4. The molecule has 5 N–H and O–H groups in total. The van der Waals surface area contributed by atoms with E-state index in [4.69, 9.17) is 18.9 Å². The molecule has 4 aliphatic rings. The van der Waals surface area contributed by atoms with Crippen LogP contribution in [0.4, 0.5) is 0 Å². The van der Waals surface area contributed by atoms with Crippen LogP contribution in [0, 0.1) is 16.7 Å². The fraction of sp³-hybridized carbons (Fsp3) is 0.444. The summed E-state index contributed by atoms with van der Waals surface area (Å²) < 4.78 is 24.2. The first-order valence-corrected chi connectivity index (χ1v) is 19.6. The van der Waals surface area contributed by atoms with E-state index in [1.54, 1.807) is 92.7 Å². The Labute approximate surface area is 341 Å². The molecule has 3 fully saturated rings. The molecular formula is C45H49NO13. The smallest absolute Gasteiger partial charge is 0.338 e. The zero-order valence-corrected chi connectivity index (χ0v) is 33.4. The Morgan fingerprint density at radius 3 is 2.00 bits per heavy atom. The molecule has 0 spiro atoms. The Kier molecular flexibility index (Phi) is 10.9. The number of aliphatic hydroxyl groups excluding tert-OH is 3. The van der Waals surface area contributed by atoms with E-state index in [2.05, 4.69) is 5.32 Å². The highest BCUT2D eigenvalue weighted by Crippen LogP contribution is 2.64. The van der Waals surface area contributed by atoms with E-state index in [-0.39, 0.29) is 35.3 Å². The summed E-state index contributed by atoms with van der Waals surface area (Å²) in [7, 11) is 0. The van der Waals surface area contributed by atoms with E-state index in [9.17, 15) is 44.4 Å². The van der Waals surface area contributed by atoms with Crippen molar-refractivity contribution < 1.29 is 63.3 Å². The van der Waals surface area contributed by atoms with Crippen LogP contribution >= 0.6 is 0 Å². The minimum Gasteiger partial charge on any atom is -0.456 e. The van der Waals surface area contributed by atoms with Crippen LogP contribution < -0.4 is 5.32 Å². The molecule has 3 aliphatic carbocycles. The maximum absolute atomic E-state index is 15.0. The standard InChI is InChI=1S/C45H49NO13/c1-24-29(57-41(54)35(50)33(26-15-9-6-10-16-26)46-39(52)27-17-11-7-12-18-27)22-45(55)38(58-40(53)28-19-13-8-14-20-28)36-43(5,37(51)34(49)32(24)42(45,3)4)30(48)21-31-44(36,23-56-31)59-25(2)47/h6-20,29-31,33-36,38,48-50,55H,21-23H2,1-5H3,(H,46,52)/t29-,30+,31+,33-,34+,35+,36?,38?,43+,44-,45+/m0/s1. The summed E-state index contributed by atoms with van der Waals surface area (Å²) >= 11 is 0. The highest BCUT2D eigenvalue weighted by molar-refractivity contribution is 5.95. The number of fused-ring (bicyclic) bond motifs is 5. The van der Waals surface area contributed by atoms with Crippen molar-refractivity contribution in [2.75, 3.05) is 6.61 Å². The molecule has 1 heterocycles. The second-order valence-corrected chi connectivity index (χ2v) is 16.8. The quantitative estimate of drug-likeness (QED) is 0.120. The van der Waals surface area contributed by atoms with Gasteiger partial charge in [0.2, 0.25) is 0 Å².